The predicted molar refractivity (Wildman–Crippen MR) is 96.3 cm³/mol. The minimum Gasteiger partial charge on any atom is -0.497 e. The predicted octanol–water partition coefficient (Wildman–Crippen LogP) is 4.71. The highest BCUT2D eigenvalue weighted by Gasteiger charge is 2.04. The Balaban J connectivity index is 1.73. The largest absolute Gasteiger partial charge is 0.497 e. The molecule has 0 radical (unpaired) electrons. The summed E-state index contributed by atoms with van der Waals surface area (Å²) in [6.45, 7) is 4.00. The lowest BCUT2D eigenvalue weighted by molar-refractivity contribution is -0.111. The van der Waals surface area contributed by atoms with Gasteiger partial charge in [0.2, 0.25) is 5.91 Å². The van der Waals surface area contributed by atoms with Gasteiger partial charge in [-0.3, -0.25) is 4.79 Å². The van der Waals surface area contributed by atoms with E-state index in [1.807, 2.05) is 50.2 Å². The van der Waals surface area contributed by atoms with Crippen molar-refractivity contribution in [3.05, 3.63) is 65.4 Å². The third-order valence-electron chi connectivity index (χ3n) is 3.63. The number of hydrogen-bond acceptors (Lipinski definition) is 3. The summed E-state index contributed by atoms with van der Waals surface area (Å²) >= 11 is 0. The molecule has 122 valence electrons. The third-order valence-corrected chi connectivity index (χ3v) is 3.63. The van der Waals surface area contributed by atoms with Gasteiger partial charge in [0.15, 0.2) is 0 Å². The molecule has 2 aromatic carbocycles. The first kappa shape index (κ1) is 15.9. The lowest BCUT2D eigenvalue weighted by Crippen LogP contribution is -2.07. The van der Waals surface area contributed by atoms with Gasteiger partial charge in [-0.25, -0.2) is 0 Å². The number of methoxy groups -OCH3 is 1. The minimum atomic E-state index is -0.196. The lowest BCUT2D eigenvalue weighted by atomic mass is 10.1. The molecule has 0 aliphatic rings. The van der Waals surface area contributed by atoms with Crippen LogP contribution in [0, 0.1) is 13.8 Å². The first-order valence-corrected chi connectivity index (χ1v) is 7.68. The normalized spacial score (nSPS) is 11.1. The second kappa shape index (κ2) is 6.62. The van der Waals surface area contributed by atoms with Crippen molar-refractivity contribution < 1.29 is 13.9 Å². The van der Waals surface area contributed by atoms with E-state index in [0.717, 1.165) is 33.5 Å². The molecule has 4 nitrogen and oxygen atoms in total. The second-order valence-corrected chi connectivity index (χ2v) is 5.75. The van der Waals surface area contributed by atoms with Gasteiger partial charge in [0, 0.05) is 17.1 Å². The van der Waals surface area contributed by atoms with E-state index in [2.05, 4.69) is 11.4 Å². The topological polar surface area (TPSA) is 51.5 Å². The Morgan fingerprint density at radius 3 is 2.54 bits per heavy atom. The summed E-state index contributed by atoms with van der Waals surface area (Å²) in [5, 5.41) is 3.79. The maximum Gasteiger partial charge on any atom is 0.248 e. The van der Waals surface area contributed by atoms with Crippen LogP contribution in [0.4, 0.5) is 5.69 Å². The zero-order chi connectivity index (χ0) is 17.1. The Labute approximate surface area is 140 Å². The Kier molecular flexibility index (Phi) is 4.38. The Hall–Kier alpha value is -3.01. The Morgan fingerprint density at radius 1 is 1.08 bits per heavy atom. The van der Waals surface area contributed by atoms with Crippen LogP contribution in [0.3, 0.4) is 0 Å². The number of fused-ring (bicyclic) bond motifs is 1. The number of benzene rings is 2. The summed E-state index contributed by atoms with van der Waals surface area (Å²) in [6, 6.07) is 13.4. The number of carbonyl (C=O) groups excluding carboxylic acids is 1. The van der Waals surface area contributed by atoms with Gasteiger partial charge in [-0.1, -0.05) is 6.07 Å². The molecular formula is C20H19NO3. The lowest BCUT2D eigenvalue weighted by Gasteiger charge is -2.05. The van der Waals surface area contributed by atoms with E-state index in [9.17, 15) is 4.79 Å². The van der Waals surface area contributed by atoms with Crippen molar-refractivity contribution in [3.8, 4) is 5.75 Å². The van der Waals surface area contributed by atoms with Crippen LogP contribution in [0.2, 0.25) is 0 Å². The summed E-state index contributed by atoms with van der Waals surface area (Å²) in [5.41, 5.74) is 3.77. The molecule has 0 saturated carbocycles. The average molecular weight is 321 g/mol. The summed E-state index contributed by atoms with van der Waals surface area (Å²) in [5.74, 6) is 1.19. The van der Waals surface area contributed by atoms with Crippen LogP contribution in [0.25, 0.3) is 17.0 Å². The molecule has 4 heteroatoms. The number of ether oxygens (including phenoxy) is 1. The van der Waals surface area contributed by atoms with Crippen molar-refractivity contribution in [3.63, 3.8) is 0 Å². The molecule has 0 aliphatic carbocycles. The molecule has 0 aliphatic heterocycles. The van der Waals surface area contributed by atoms with E-state index in [4.69, 9.17) is 9.15 Å². The molecule has 1 aromatic heterocycles. The molecule has 0 fully saturated rings. The van der Waals surface area contributed by atoms with E-state index in [-0.39, 0.29) is 5.91 Å². The number of hydrogen-bond donors (Lipinski definition) is 1. The van der Waals surface area contributed by atoms with Gasteiger partial charge in [-0.05, 0) is 67.4 Å². The first-order valence-electron chi connectivity index (χ1n) is 7.68. The molecular weight excluding hydrogens is 302 g/mol. The first-order chi connectivity index (χ1) is 11.5. The van der Waals surface area contributed by atoms with Crippen LogP contribution in [-0.4, -0.2) is 13.0 Å². The van der Waals surface area contributed by atoms with Crippen LogP contribution in [0.15, 0.2) is 53.0 Å². The van der Waals surface area contributed by atoms with E-state index in [0.29, 0.717) is 5.76 Å². The molecule has 0 spiro atoms. The summed E-state index contributed by atoms with van der Waals surface area (Å²) in [7, 11) is 1.62. The maximum atomic E-state index is 12.1. The van der Waals surface area contributed by atoms with Gasteiger partial charge in [-0.15, -0.1) is 0 Å². The van der Waals surface area contributed by atoms with E-state index >= 15 is 0 Å². The van der Waals surface area contributed by atoms with Crippen LogP contribution in [0.1, 0.15) is 16.9 Å². The van der Waals surface area contributed by atoms with Crippen LogP contribution >= 0.6 is 0 Å². The van der Waals surface area contributed by atoms with Crippen molar-refractivity contribution in [2.75, 3.05) is 12.4 Å². The fourth-order valence-electron chi connectivity index (χ4n) is 2.64. The van der Waals surface area contributed by atoms with Gasteiger partial charge >= 0.3 is 0 Å². The van der Waals surface area contributed by atoms with Crippen LogP contribution in [0.5, 0.6) is 5.75 Å². The number of amides is 1. The fraction of sp³-hybridized carbons (Fsp3) is 0.150. The van der Waals surface area contributed by atoms with Crippen molar-refractivity contribution in [1.29, 1.82) is 0 Å². The highest BCUT2D eigenvalue weighted by atomic mass is 16.5. The molecule has 0 bridgehead atoms. The van der Waals surface area contributed by atoms with Gasteiger partial charge in [-0.2, -0.15) is 0 Å². The highest BCUT2D eigenvalue weighted by Crippen LogP contribution is 2.24. The number of anilines is 1. The number of carbonyl (C=O) groups is 1. The number of aryl methyl sites for hydroxylation is 2. The molecule has 0 saturated heterocycles. The van der Waals surface area contributed by atoms with Gasteiger partial charge < -0.3 is 14.5 Å². The summed E-state index contributed by atoms with van der Waals surface area (Å²) in [6.07, 6.45) is 3.12. The van der Waals surface area contributed by atoms with E-state index in [1.54, 1.807) is 13.2 Å². The van der Waals surface area contributed by atoms with Crippen LogP contribution < -0.4 is 10.1 Å². The van der Waals surface area contributed by atoms with E-state index < -0.39 is 0 Å². The number of nitrogens with one attached hydrogen (secondary N) is 1. The third kappa shape index (κ3) is 3.66. The van der Waals surface area contributed by atoms with Crippen LogP contribution in [-0.2, 0) is 4.79 Å². The molecule has 1 N–H and O–H groups in total. The van der Waals surface area contributed by atoms with Crippen molar-refractivity contribution in [2.45, 2.75) is 13.8 Å². The standard InChI is InChI=1S/C20H19NO3/c1-13-8-14(2)10-16(9-13)21-20(22)7-5-18-12-15-11-17(23-3)4-6-19(15)24-18/h4-12H,1-3H3,(H,21,22)/b7-5+. The summed E-state index contributed by atoms with van der Waals surface area (Å²) in [4.78, 5) is 12.1. The van der Waals surface area contributed by atoms with Crippen molar-refractivity contribution in [2.24, 2.45) is 0 Å². The smallest absolute Gasteiger partial charge is 0.248 e. The quantitative estimate of drug-likeness (QED) is 0.708. The maximum absolute atomic E-state index is 12.1. The van der Waals surface area contributed by atoms with E-state index in [1.165, 1.54) is 6.08 Å². The number of rotatable bonds is 4. The van der Waals surface area contributed by atoms with Gasteiger partial charge in [0.1, 0.15) is 17.1 Å². The fourth-order valence-corrected chi connectivity index (χ4v) is 2.64. The molecule has 0 atom stereocenters. The molecule has 1 amide bonds. The zero-order valence-corrected chi connectivity index (χ0v) is 13.9. The van der Waals surface area contributed by atoms with Crippen molar-refractivity contribution >= 4 is 28.6 Å². The van der Waals surface area contributed by atoms with Gasteiger partial charge in [0.05, 0.1) is 7.11 Å². The number of furan rings is 1. The molecule has 1 heterocycles. The Morgan fingerprint density at radius 2 is 1.83 bits per heavy atom. The minimum absolute atomic E-state index is 0.196. The SMILES string of the molecule is COc1ccc2oc(/C=C/C(=O)Nc3cc(C)cc(C)c3)cc2c1. The molecule has 24 heavy (non-hydrogen) atoms. The summed E-state index contributed by atoms with van der Waals surface area (Å²) < 4.78 is 10.9. The highest BCUT2D eigenvalue weighted by molar-refractivity contribution is 6.02. The monoisotopic (exact) mass is 321 g/mol. The van der Waals surface area contributed by atoms with Gasteiger partial charge in [0.25, 0.3) is 0 Å². The molecule has 3 rings (SSSR count). The molecule has 0 unspecified atom stereocenters. The Bertz CT molecular complexity index is 902. The second-order valence-electron chi connectivity index (χ2n) is 5.75. The van der Waals surface area contributed by atoms with Crippen molar-refractivity contribution in [1.82, 2.24) is 0 Å². The average Bonchev–Trinajstić information content (AvgIpc) is 2.93. The molecule has 3 aromatic rings. The zero-order valence-electron chi connectivity index (χ0n) is 13.9.